The molecule has 4 heteroatoms. The molecule has 14 heavy (non-hydrogen) atoms. The molecule has 1 aromatic carbocycles. The van der Waals surface area contributed by atoms with E-state index in [9.17, 15) is 10.2 Å². The van der Waals surface area contributed by atoms with Crippen molar-refractivity contribution in [2.24, 2.45) is 0 Å². The molecule has 0 bridgehead atoms. The molecule has 0 aliphatic carbocycles. The van der Waals surface area contributed by atoms with Crippen molar-refractivity contribution in [2.45, 2.75) is 26.6 Å². The molecule has 0 unspecified atom stereocenters. The van der Waals surface area contributed by atoms with Gasteiger partial charge in [-0.3, -0.25) is 0 Å². The van der Waals surface area contributed by atoms with E-state index >= 15 is 0 Å². The first-order valence-electron chi connectivity index (χ1n) is 4.36. The quantitative estimate of drug-likeness (QED) is 0.647. The fourth-order valence-electron chi connectivity index (χ4n) is 1.01. The topological polar surface area (TPSA) is 69.9 Å². The van der Waals surface area contributed by atoms with Crippen LogP contribution >= 0.6 is 0 Å². The van der Waals surface area contributed by atoms with E-state index in [1.54, 1.807) is 0 Å². The van der Waals surface area contributed by atoms with Gasteiger partial charge in [-0.05, 0) is 31.5 Å². The molecule has 0 aliphatic heterocycles. The first kappa shape index (κ1) is 10.7. The lowest BCUT2D eigenvalue weighted by atomic mass is 10.2. The Balaban J connectivity index is 2.79. The van der Waals surface area contributed by atoms with Crippen molar-refractivity contribution in [1.29, 1.82) is 0 Å². The summed E-state index contributed by atoms with van der Waals surface area (Å²) in [7, 11) is 0. The van der Waals surface area contributed by atoms with Gasteiger partial charge in [-0.2, -0.15) is 0 Å². The number of ether oxygens (including phenoxy) is 1. The van der Waals surface area contributed by atoms with E-state index in [4.69, 9.17) is 9.84 Å². The molecule has 0 heterocycles. The average Bonchev–Trinajstić information content (AvgIpc) is 2.10. The maximum Gasteiger partial charge on any atom is 0.200 e. The lowest BCUT2D eigenvalue weighted by Crippen LogP contribution is -2.01. The smallest absolute Gasteiger partial charge is 0.200 e. The second-order valence-corrected chi connectivity index (χ2v) is 3.34. The van der Waals surface area contributed by atoms with Crippen molar-refractivity contribution >= 4 is 0 Å². The van der Waals surface area contributed by atoms with Gasteiger partial charge in [0.05, 0.1) is 12.7 Å². The predicted molar refractivity (Wildman–Crippen MR) is 51.4 cm³/mol. The summed E-state index contributed by atoms with van der Waals surface area (Å²) in [6.45, 7) is 4.07. The van der Waals surface area contributed by atoms with Crippen molar-refractivity contribution in [3.05, 3.63) is 17.7 Å². The van der Waals surface area contributed by atoms with Crippen LogP contribution in [0.15, 0.2) is 12.1 Å². The van der Waals surface area contributed by atoms with Gasteiger partial charge in [-0.15, -0.1) is 0 Å². The Morgan fingerprint density at radius 1 is 1.14 bits per heavy atom. The summed E-state index contributed by atoms with van der Waals surface area (Å²) in [6.07, 6.45) is 0.0769. The standard InChI is InChI=1S/C10H14O4/c1-6(2)14-5-7-3-8(11)10(13)9(12)4-7/h3-4,6,11-13H,5H2,1-2H3. The average molecular weight is 198 g/mol. The lowest BCUT2D eigenvalue weighted by Gasteiger charge is -2.09. The fourth-order valence-corrected chi connectivity index (χ4v) is 1.01. The van der Waals surface area contributed by atoms with Crippen molar-refractivity contribution < 1.29 is 20.1 Å². The Morgan fingerprint density at radius 2 is 1.64 bits per heavy atom. The van der Waals surface area contributed by atoms with Gasteiger partial charge in [-0.1, -0.05) is 0 Å². The third-order valence-electron chi connectivity index (χ3n) is 1.71. The SMILES string of the molecule is CC(C)OCc1cc(O)c(O)c(O)c1. The van der Waals surface area contributed by atoms with Gasteiger partial charge in [0.15, 0.2) is 17.2 Å². The molecule has 1 rings (SSSR count). The van der Waals surface area contributed by atoms with Crippen LogP contribution in [0.4, 0.5) is 0 Å². The highest BCUT2D eigenvalue weighted by atomic mass is 16.5. The van der Waals surface area contributed by atoms with Gasteiger partial charge >= 0.3 is 0 Å². The molecule has 3 N–H and O–H groups in total. The van der Waals surface area contributed by atoms with E-state index in [1.165, 1.54) is 12.1 Å². The largest absolute Gasteiger partial charge is 0.504 e. The van der Waals surface area contributed by atoms with Crippen LogP contribution in [0.1, 0.15) is 19.4 Å². The highest BCUT2D eigenvalue weighted by molar-refractivity contribution is 5.50. The summed E-state index contributed by atoms with van der Waals surface area (Å²) >= 11 is 0. The summed E-state index contributed by atoms with van der Waals surface area (Å²) in [5.41, 5.74) is 0.617. The fraction of sp³-hybridized carbons (Fsp3) is 0.400. The number of hydrogen-bond acceptors (Lipinski definition) is 4. The summed E-state index contributed by atoms with van der Waals surface area (Å²) < 4.78 is 5.27. The molecule has 0 saturated carbocycles. The van der Waals surface area contributed by atoms with Gasteiger partial charge in [0.1, 0.15) is 0 Å². The van der Waals surface area contributed by atoms with Crippen LogP contribution in [-0.2, 0) is 11.3 Å². The molecule has 78 valence electrons. The summed E-state index contributed by atoms with van der Waals surface area (Å²) in [5, 5.41) is 27.4. The number of phenols is 3. The number of hydrogen-bond donors (Lipinski definition) is 3. The Bertz CT molecular complexity index is 297. The monoisotopic (exact) mass is 198 g/mol. The van der Waals surface area contributed by atoms with Crippen LogP contribution in [0.5, 0.6) is 17.2 Å². The molecule has 0 aromatic heterocycles. The maximum absolute atomic E-state index is 9.18. The van der Waals surface area contributed by atoms with Crippen LogP contribution < -0.4 is 0 Å². The minimum absolute atomic E-state index is 0.0769. The van der Waals surface area contributed by atoms with Crippen molar-refractivity contribution in [2.75, 3.05) is 0 Å². The molecule has 0 atom stereocenters. The van der Waals surface area contributed by atoms with Crippen molar-refractivity contribution in [3.63, 3.8) is 0 Å². The first-order chi connectivity index (χ1) is 6.50. The number of rotatable bonds is 3. The molecular formula is C10H14O4. The number of benzene rings is 1. The molecule has 0 saturated heterocycles. The maximum atomic E-state index is 9.18. The minimum Gasteiger partial charge on any atom is -0.504 e. The molecule has 0 fully saturated rings. The second kappa shape index (κ2) is 4.19. The Labute approximate surface area is 82.4 Å². The number of phenolic OH excluding ortho intramolecular Hbond substituents is 3. The molecule has 0 spiro atoms. The van der Waals surface area contributed by atoms with E-state index in [0.717, 1.165) is 0 Å². The van der Waals surface area contributed by atoms with Gasteiger partial charge in [0.25, 0.3) is 0 Å². The van der Waals surface area contributed by atoms with E-state index in [2.05, 4.69) is 0 Å². The Morgan fingerprint density at radius 3 is 2.07 bits per heavy atom. The third-order valence-corrected chi connectivity index (χ3v) is 1.71. The van der Waals surface area contributed by atoms with E-state index < -0.39 is 5.75 Å². The Hall–Kier alpha value is -1.42. The van der Waals surface area contributed by atoms with Gasteiger partial charge in [-0.25, -0.2) is 0 Å². The Kier molecular flexibility index (Phi) is 3.19. The van der Waals surface area contributed by atoms with E-state index in [-0.39, 0.29) is 17.6 Å². The molecule has 1 aromatic rings. The summed E-state index contributed by atoms with van der Waals surface area (Å²) in [6, 6.07) is 2.72. The van der Waals surface area contributed by atoms with E-state index in [1.807, 2.05) is 13.8 Å². The van der Waals surface area contributed by atoms with Crippen LogP contribution in [0.25, 0.3) is 0 Å². The molecule has 0 amide bonds. The first-order valence-corrected chi connectivity index (χ1v) is 4.36. The lowest BCUT2D eigenvalue weighted by molar-refractivity contribution is 0.0654. The molecular weight excluding hydrogens is 184 g/mol. The van der Waals surface area contributed by atoms with E-state index in [0.29, 0.717) is 12.2 Å². The minimum atomic E-state index is -0.502. The van der Waals surface area contributed by atoms with Crippen LogP contribution in [0.2, 0.25) is 0 Å². The van der Waals surface area contributed by atoms with Gasteiger partial charge < -0.3 is 20.1 Å². The van der Waals surface area contributed by atoms with Crippen LogP contribution in [0.3, 0.4) is 0 Å². The highest BCUT2D eigenvalue weighted by Gasteiger charge is 2.08. The highest BCUT2D eigenvalue weighted by Crippen LogP contribution is 2.35. The normalized spacial score (nSPS) is 10.8. The van der Waals surface area contributed by atoms with Crippen LogP contribution in [-0.4, -0.2) is 21.4 Å². The third kappa shape index (κ3) is 2.53. The summed E-state index contributed by atoms with van der Waals surface area (Å²) in [4.78, 5) is 0. The van der Waals surface area contributed by atoms with Crippen molar-refractivity contribution in [1.82, 2.24) is 0 Å². The molecule has 0 aliphatic rings. The predicted octanol–water partition coefficient (Wildman–Crippen LogP) is 1.73. The zero-order chi connectivity index (χ0) is 10.7. The van der Waals surface area contributed by atoms with Crippen molar-refractivity contribution in [3.8, 4) is 17.2 Å². The molecule has 0 radical (unpaired) electrons. The number of aromatic hydroxyl groups is 3. The zero-order valence-electron chi connectivity index (χ0n) is 8.19. The second-order valence-electron chi connectivity index (χ2n) is 3.34. The van der Waals surface area contributed by atoms with Crippen LogP contribution in [0, 0.1) is 0 Å². The summed E-state index contributed by atoms with van der Waals surface area (Å²) in [5.74, 6) is -1.18. The van der Waals surface area contributed by atoms with Gasteiger partial charge in [0, 0.05) is 0 Å². The van der Waals surface area contributed by atoms with Gasteiger partial charge in [0.2, 0.25) is 0 Å². The zero-order valence-corrected chi connectivity index (χ0v) is 8.19. The molecule has 4 nitrogen and oxygen atoms in total.